The van der Waals surface area contributed by atoms with Crippen molar-refractivity contribution in [3.63, 3.8) is 0 Å². The minimum atomic E-state index is 0.545. The first-order valence-corrected chi connectivity index (χ1v) is 5.99. The predicted molar refractivity (Wildman–Crippen MR) is 70.3 cm³/mol. The van der Waals surface area contributed by atoms with Crippen molar-refractivity contribution in [3.05, 3.63) is 51.6 Å². The summed E-state index contributed by atoms with van der Waals surface area (Å²) >= 11 is 2.15. The van der Waals surface area contributed by atoms with Crippen LogP contribution in [-0.2, 0) is 6.61 Å². The van der Waals surface area contributed by atoms with Crippen LogP contribution in [0.5, 0.6) is 5.75 Å². The summed E-state index contributed by atoms with van der Waals surface area (Å²) in [6.07, 6.45) is 1.72. The third kappa shape index (κ3) is 2.91. The van der Waals surface area contributed by atoms with E-state index in [0.29, 0.717) is 6.61 Å². The Hall–Kier alpha value is -1.17. The highest BCUT2D eigenvalue weighted by Gasteiger charge is 2.03. The molecule has 0 saturated carbocycles. The maximum absolute atomic E-state index is 5.65. The Balaban J connectivity index is 2.05. The highest BCUT2D eigenvalue weighted by atomic mass is 127. The average Bonchev–Trinajstić information content (AvgIpc) is 2.29. The number of aromatic nitrogens is 2. The number of nitrogens with zero attached hydrogens (tertiary/aromatic N) is 2. The molecular weight excluding hydrogens is 315 g/mol. The Kier molecular flexibility index (Phi) is 3.71. The van der Waals surface area contributed by atoms with Crippen LogP contribution >= 0.6 is 22.6 Å². The number of hydrogen-bond donors (Lipinski definition) is 0. The van der Waals surface area contributed by atoms with E-state index in [4.69, 9.17) is 4.74 Å². The molecule has 16 heavy (non-hydrogen) atoms. The number of rotatable bonds is 3. The Bertz CT molecular complexity index is 474. The first kappa shape index (κ1) is 11.3. The van der Waals surface area contributed by atoms with E-state index in [0.717, 1.165) is 20.8 Å². The fourth-order valence-electron chi connectivity index (χ4n) is 1.26. The van der Waals surface area contributed by atoms with Gasteiger partial charge in [-0.2, -0.15) is 0 Å². The third-order valence-electron chi connectivity index (χ3n) is 2.07. The van der Waals surface area contributed by atoms with Crippen molar-refractivity contribution in [2.24, 2.45) is 0 Å². The van der Waals surface area contributed by atoms with E-state index < -0.39 is 0 Å². The minimum Gasteiger partial charge on any atom is -0.485 e. The summed E-state index contributed by atoms with van der Waals surface area (Å²) in [6, 6.07) is 10.0. The van der Waals surface area contributed by atoms with Gasteiger partial charge in [-0.3, -0.25) is 0 Å². The van der Waals surface area contributed by atoms with Gasteiger partial charge in [0.2, 0.25) is 0 Å². The Morgan fingerprint density at radius 3 is 2.69 bits per heavy atom. The van der Waals surface area contributed by atoms with Crippen LogP contribution in [0, 0.1) is 10.6 Å². The van der Waals surface area contributed by atoms with Crippen molar-refractivity contribution in [1.82, 2.24) is 9.97 Å². The molecule has 0 aliphatic rings. The zero-order chi connectivity index (χ0) is 11.4. The fraction of sp³-hybridized carbons (Fsp3) is 0.167. The van der Waals surface area contributed by atoms with Gasteiger partial charge in [-0.05, 0) is 35.1 Å². The van der Waals surface area contributed by atoms with Crippen LogP contribution < -0.4 is 4.74 Å². The van der Waals surface area contributed by atoms with Gasteiger partial charge in [-0.25, -0.2) is 9.97 Å². The lowest BCUT2D eigenvalue weighted by Gasteiger charge is -2.07. The van der Waals surface area contributed by atoms with Gasteiger partial charge in [0.15, 0.2) is 5.75 Å². The molecule has 82 valence electrons. The Morgan fingerprint density at radius 2 is 2.00 bits per heavy atom. The van der Waals surface area contributed by atoms with Crippen molar-refractivity contribution in [2.75, 3.05) is 0 Å². The van der Waals surface area contributed by atoms with Crippen LogP contribution in [0.1, 0.15) is 11.4 Å². The molecular formula is C12H11IN2O. The lowest BCUT2D eigenvalue weighted by Crippen LogP contribution is -2.00. The number of benzene rings is 1. The SMILES string of the molecule is Cc1ncc(OCc2ccccc2)c(I)n1. The van der Waals surface area contributed by atoms with Gasteiger partial charge in [0.05, 0.1) is 6.20 Å². The van der Waals surface area contributed by atoms with Crippen molar-refractivity contribution in [1.29, 1.82) is 0 Å². The molecule has 1 heterocycles. The summed E-state index contributed by atoms with van der Waals surface area (Å²) in [5.74, 6) is 1.49. The van der Waals surface area contributed by atoms with Crippen LogP contribution in [0.4, 0.5) is 0 Å². The van der Waals surface area contributed by atoms with E-state index >= 15 is 0 Å². The Morgan fingerprint density at radius 1 is 1.25 bits per heavy atom. The first-order valence-electron chi connectivity index (χ1n) is 4.91. The summed E-state index contributed by atoms with van der Waals surface area (Å²) < 4.78 is 6.49. The van der Waals surface area contributed by atoms with Gasteiger partial charge in [-0.1, -0.05) is 30.3 Å². The maximum Gasteiger partial charge on any atom is 0.169 e. The maximum atomic E-state index is 5.65. The predicted octanol–water partition coefficient (Wildman–Crippen LogP) is 2.97. The molecule has 0 atom stereocenters. The molecule has 0 bridgehead atoms. The van der Waals surface area contributed by atoms with Crippen molar-refractivity contribution >= 4 is 22.6 Å². The van der Waals surface area contributed by atoms with Crippen molar-refractivity contribution < 1.29 is 4.74 Å². The van der Waals surface area contributed by atoms with Gasteiger partial charge in [-0.15, -0.1) is 0 Å². The van der Waals surface area contributed by atoms with E-state index in [9.17, 15) is 0 Å². The third-order valence-corrected chi connectivity index (χ3v) is 2.84. The topological polar surface area (TPSA) is 35.0 Å². The minimum absolute atomic E-state index is 0.545. The number of aryl methyl sites for hydroxylation is 1. The molecule has 0 N–H and O–H groups in total. The van der Waals surface area contributed by atoms with Crippen LogP contribution in [0.25, 0.3) is 0 Å². The van der Waals surface area contributed by atoms with Crippen molar-refractivity contribution in [3.8, 4) is 5.75 Å². The zero-order valence-electron chi connectivity index (χ0n) is 8.85. The molecule has 0 fully saturated rings. The van der Waals surface area contributed by atoms with E-state index in [-0.39, 0.29) is 0 Å². The summed E-state index contributed by atoms with van der Waals surface area (Å²) in [6.45, 7) is 2.41. The van der Waals surface area contributed by atoms with Gasteiger partial charge in [0.25, 0.3) is 0 Å². The molecule has 4 heteroatoms. The Labute approximate surface area is 108 Å². The zero-order valence-corrected chi connectivity index (χ0v) is 11.0. The molecule has 1 aromatic heterocycles. The molecule has 0 amide bonds. The highest BCUT2D eigenvalue weighted by molar-refractivity contribution is 14.1. The highest BCUT2D eigenvalue weighted by Crippen LogP contribution is 2.18. The molecule has 0 spiro atoms. The second-order valence-corrected chi connectivity index (χ2v) is 4.37. The summed E-state index contributed by atoms with van der Waals surface area (Å²) in [4.78, 5) is 8.35. The smallest absolute Gasteiger partial charge is 0.169 e. The van der Waals surface area contributed by atoms with Crippen LogP contribution in [0.3, 0.4) is 0 Å². The summed E-state index contributed by atoms with van der Waals surface area (Å²) in [5, 5.41) is 0. The average molecular weight is 326 g/mol. The molecule has 1 aromatic carbocycles. The lowest BCUT2D eigenvalue weighted by molar-refractivity contribution is 0.300. The van der Waals surface area contributed by atoms with Crippen LogP contribution in [-0.4, -0.2) is 9.97 Å². The fourth-order valence-corrected chi connectivity index (χ4v) is 1.91. The molecule has 2 rings (SSSR count). The second kappa shape index (κ2) is 5.25. The molecule has 3 nitrogen and oxygen atoms in total. The largest absolute Gasteiger partial charge is 0.485 e. The molecule has 0 saturated heterocycles. The summed E-state index contributed by atoms with van der Waals surface area (Å²) in [5.41, 5.74) is 1.14. The summed E-state index contributed by atoms with van der Waals surface area (Å²) in [7, 11) is 0. The lowest BCUT2D eigenvalue weighted by atomic mass is 10.2. The van der Waals surface area contributed by atoms with Crippen molar-refractivity contribution in [2.45, 2.75) is 13.5 Å². The molecule has 0 radical (unpaired) electrons. The van der Waals surface area contributed by atoms with Gasteiger partial charge in [0, 0.05) is 0 Å². The standard InChI is InChI=1S/C12H11IN2O/c1-9-14-7-11(12(13)15-9)16-8-10-5-3-2-4-6-10/h2-7H,8H2,1H3. The van der Waals surface area contributed by atoms with Gasteiger partial charge in [0.1, 0.15) is 16.1 Å². The van der Waals surface area contributed by atoms with E-state index in [1.54, 1.807) is 6.20 Å². The number of ether oxygens (including phenoxy) is 1. The molecule has 0 aliphatic heterocycles. The molecule has 0 unspecified atom stereocenters. The quantitative estimate of drug-likeness (QED) is 0.643. The van der Waals surface area contributed by atoms with E-state index in [1.807, 2.05) is 37.3 Å². The first-order chi connectivity index (χ1) is 7.75. The molecule has 2 aromatic rings. The number of hydrogen-bond acceptors (Lipinski definition) is 3. The second-order valence-electron chi connectivity index (χ2n) is 3.35. The van der Waals surface area contributed by atoms with E-state index in [1.165, 1.54) is 0 Å². The number of halogens is 1. The van der Waals surface area contributed by atoms with Crippen LogP contribution in [0.2, 0.25) is 0 Å². The van der Waals surface area contributed by atoms with E-state index in [2.05, 4.69) is 32.6 Å². The van der Waals surface area contributed by atoms with Crippen LogP contribution in [0.15, 0.2) is 36.5 Å². The molecule has 0 aliphatic carbocycles. The monoisotopic (exact) mass is 326 g/mol. The van der Waals surface area contributed by atoms with Gasteiger partial charge < -0.3 is 4.74 Å². The van der Waals surface area contributed by atoms with Gasteiger partial charge >= 0.3 is 0 Å². The normalized spacial score (nSPS) is 10.1.